The first-order chi connectivity index (χ1) is 10.1. The summed E-state index contributed by atoms with van der Waals surface area (Å²) >= 11 is 5.25. The fourth-order valence-corrected chi connectivity index (χ4v) is 4.22. The molecule has 3 aliphatic heterocycles. The van der Waals surface area contributed by atoms with E-state index in [9.17, 15) is 4.79 Å². The summed E-state index contributed by atoms with van der Waals surface area (Å²) < 4.78 is 5.40. The van der Waals surface area contributed by atoms with E-state index < -0.39 is 5.41 Å². The molecule has 0 saturated carbocycles. The molecule has 1 amide bonds. The molecule has 3 fully saturated rings. The maximum atomic E-state index is 13.1. The van der Waals surface area contributed by atoms with Crippen molar-refractivity contribution < 1.29 is 9.53 Å². The summed E-state index contributed by atoms with van der Waals surface area (Å²) in [6.45, 7) is 4.96. The Morgan fingerprint density at radius 1 is 1.19 bits per heavy atom. The fourth-order valence-electron chi connectivity index (χ4n) is 3.93. The highest BCUT2D eigenvalue weighted by Crippen LogP contribution is 2.34. The third-order valence-corrected chi connectivity index (χ3v) is 5.74. The Balaban J connectivity index is 1.72. The molecule has 0 aromatic rings. The largest absolute Gasteiger partial charge is 0.392 e. The quantitative estimate of drug-likeness (QED) is 0.763. The summed E-state index contributed by atoms with van der Waals surface area (Å²) in [6.07, 6.45) is 5.03. The zero-order valence-corrected chi connectivity index (χ0v) is 13.4. The molecule has 3 saturated heterocycles. The van der Waals surface area contributed by atoms with E-state index in [2.05, 4.69) is 4.90 Å². The van der Waals surface area contributed by atoms with Gasteiger partial charge in [-0.05, 0) is 32.2 Å². The summed E-state index contributed by atoms with van der Waals surface area (Å²) in [7, 11) is 0. The molecule has 21 heavy (non-hydrogen) atoms. The average molecular weight is 311 g/mol. The van der Waals surface area contributed by atoms with Gasteiger partial charge in [0.2, 0.25) is 5.91 Å². The van der Waals surface area contributed by atoms with E-state index in [4.69, 9.17) is 22.7 Å². The first-order valence-electron chi connectivity index (χ1n) is 8.04. The van der Waals surface area contributed by atoms with Gasteiger partial charge in [0.1, 0.15) is 5.41 Å². The van der Waals surface area contributed by atoms with Gasteiger partial charge in [0.05, 0.1) is 4.99 Å². The highest BCUT2D eigenvalue weighted by atomic mass is 32.1. The van der Waals surface area contributed by atoms with Gasteiger partial charge >= 0.3 is 0 Å². The molecule has 0 spiro atoms. The summed E-state index contributed by atoms with van der Waals surface area (Å²) in [5.74, 6) is 0.142. The van der Waals surface area contributed by atoms with E-state index in [0.29, 0.717) is 37.1 Å². The number of hydrogen-bond acceptors (Lipinski definition) is 4. The van der Waals surface area contributed by atoms with Crippen molar-refractivity contribution in [2.24, 2.45) is 11.1 Å². The lowest BCUT2D eigenvalue weighted by Gasteiger charge is -2.47. The first-order valence-corrected chi connectivity index (χ1v) is 8.45. The van der Waals surface area contributed by atoms with Gasteiger partial charge in [0, 0.05) is 38.9 Å². The summed E-state index contributed by atoms with van der Waals surface area (Å²) in [6, 6.07) is 0.527. The van der Waals surface area contributed by atoms with E-state index >= 15 is 0 Å². The van der Waals surface area contributed by atoms with Gasteiger partial charge in [-0.25, -0.2) is 0 Å². The lowest BCUT2D eigenvalue weighted by Crippen LogP contribution is -2.61. The molecule has 0 aliphatic carbocycles. The molecular formula is C15H25N3O2S. The summed E-state index contributed by atoms with van der Waals surface area (Å²) in [4.78, 5) is 18.0. The highest BCUT2D eigenvalue weighted by molar-refractivity contribution is 7.80. The number of piperidine rings is 1. The third kappa shape index (κ3) is 2.81. The molecule has 1 unspecified atom stereocenters. The van der Waals surface area contributed by atoms with Crippen molar-refractivity contribution in [2.75, 3.05) is 39.4 Å². The van der Waals surface area contributed by atoms with Crippen LogP contribution in [0.2, 0.25) is 0 Å². The maximum Gasteiger partial charge on any atom is 0.235 e. The Labute approximate surface area is 131 Å². The topological polar surface area (TPSA) is 58.8 Å². The monoisotopic (exact) mass is 311 g/mol. The van der Waals surface area contributed by atoms with Crippen LogP contribution in [0.4, 0.5) is 0 Å². The molecular weight excluding hydrogens is 286 g/mol. The van der Waals surface area contributed by atoms with Crippen LogP contribution in [0.3, 0.4) is 0 Å². The molecule has 3 rings (SSSR count). The van der Waals surface area contributed by atoms with Crippen LogP contribution in [-0.2, 0) is 9.53 Å². The van der Waals surface area contributed by atoms with Gasteiger partial charge in [-0.1, -0.05) is 18.6 Å². The third-order valence-electron chi connectivity index (χ3n) is 5.35. The van der Waals surface area contributed by atoms with Crippen molar-refractivity contribution >= 4 is 23.1 Å². The Hall–Kier alpha value is -0.720. The number of thiocarbonyl (C=S) groups is 1. The normalized spacial score (nSPS) is 29.7. The highest BCUT2D eigenvalue weighted by Gasteiger charge is 2.46. The number of ether oxygens (including phenoxy) is 1. The van der Waals surface area contributed by atoms with Crippen LogP contribution in [0.25, 0.3) is 0 Å². The molecule has 0 aromatic heterocycles. The van der Waals surface area contributed by atoms with Gasteiger partial charge in [0.15, 0.2) is 0 Å². The molecule has 3 heterocycles. The van der Waals surface area contributed by atoms with Gasteiger partial charge in [-0.3, -0.25) is 9.69 Å². The predicted octanol–water partition coefficient (Wildman–Crippen LogP) is 0.766. The molecule has 0 aromatic carbocycles. The predicted molar refractivity (Wildman–Crippen MR) is 85.1 cm³/mol. The summed E-state index contributed by atoms with van der Waals surface area (Å²) in [5.41, 5.74) is 5.30. The lowest BCUT2D eigenvalue weighted by molar-refractivity contribution is -0.146. The number of hydrogen-bond donors (Lipinski definition) is 1. The molecule has 2 N–H and O–H groups in total. The standard InChI is InChI=1S/C15H25N3O2S/c16-13(21)15(4-9-20-10-5-15)14(19)18-8-7-17-6-2-1-3-12(17)11-18/h12H,1-11H2,(H2,16,21). The van der Waals surface area contributed by atoms with Gasteiger partial charge in [-0.2, -0.15) is 0 Å². The van der Waals surface area contributed by atoms with Gasteiger partial charge in [-0.15, -0.1) is 0 Å². The van der Waals surface area contributed by atoms with Gasteiger partial charge in [0.25, 0.3) is 0 Å². The van der Waals surface area contributed by atoms with E-state index in [0.717, 1.165) is 19.6 Å². The fraction of sp³-hybridized carbons (Fsp3) is 0.867. The van der Waals surface area contributed by atoms with E-state index in [-0.39, 0.29) is 5.91 Å². The van der Waals surface area contributed by atoms with E-state index in [1.54, 1.807) is 0 Å². The van der Waals surface area contributed by atoms with E-state index in [1.807, 2.05) is 4.90 Å². The molecule has 3 aliphatic rings. The number of carbonyl (C=O) groups excluding carboxylic acids is 1. The average Bonchev–Trinajstić information content (AvgIpc) is 2.54. The summed E-state index contributed by atoms with van der Waals surface area (Å²) in [5, 5.41) is 0. The molecule has 0 bridgehead atoms. The number of amides is 1. The smallest absolute Gasteiger partial charge is 0.235 e. The second-order valence-electron chi connectivity index (χ2n) is 6.50. The van der Waals surface area contributed by atoms with Crippen molar-refractivity contribution in [3.05, 3.63) is 0 Å². The minimum Gasteiger partial charge on any atom is -0.392 e. The van der Waals surface area contributed by atoms with Crippen molar-refractivity contribution in [1.82, 2.24) is 9.80 Å². The number of carbonyl (C=O) groups is 1. The van der Waals surface area contributed by atoms with Crippen LogP contribution in [0.1, 0.15) is 32.1 Å². The zero-order valence-electron chi connectivity index (χ0n) is 12.6. The number of nitrogens with zero attached hydrogens (tertiary/aromatic N) is 2. The van der Waals surface area contributed by atoms with Crippen molar-refractivity contribution in [1.29, 1.82) is 0 Å². The number of fused-ring (bicyclic) bond motifs is 1. The molecule has 6 heteroatoms. The lowest BCUT2D eigenvalue weighted by atomic mass is 9.78. The molecule has 5 nitrogen and oxygen atoms in total. The van der Waals surface area contributed by atoms with Crippen molar-refractivity contribution in [2.45, 2.75) is 38.1 Å². The minimum absolute atomic E-state index is 0.142. The van der Waals surface area contributed by atoms with Crippen LogP contribution in [0.15, 0.2) is 0 Å². The maximum absolute atomic E-state index is 13.1. The molecule has 1 atom stereocenters. The van der Waals surface area contributed by atoms with Crippen molar-refractivity contribution in [3.63, 3.8) is 0 Å². The zero-order chi connectivity index (χ0) is 14.9. The number of nitrogens with two attached hydrogens (primary N) is 1. The first kappa shape index (κ1) is 15.2. The Morgan fingerprint density at radius 3 is 2.67 bits per heavy atom. The second kappa shape index (κ2) is 6.18. The second-order valence-corrected chi connectivity index (χ2v) is 6.94. The van der Waals surface area contributed by atoms with Crippen LogP contribution >= 0.6 is 12.2 Å². The Bertz CT molecular complexity index is 423. The van der Waals surface area contributed by atoms with E-state index in [1.165, 1.54) is 25.8 Å². The van der Waals surface area contributed by atoms with Crippen molar-refractivity contribution in [3.8, 4) is 0 Å². The van der Waals surface area contributed by atoms with Crippen LogP contribution in [0.5, 0.6) is 0 Å². The van der Waals surface area contributed by atoms with Crippen LogP contribution in [-0.4, -0.2) is 66.1 Å². The minimum atomic E-state index is -0.662. The molecule has 0 radical (unpaired) electrons. The number of rotatable bonds is 2. The SMILES string of the molecule is NC(=S)C1(C(=O)N2CCN3CCCCC3C2)CCOCC1. The van der Waals surface area contributed by atoms with Gasteiger partial charge < -0.3 is 15.4 Å². The van der Waals surface area contributed by atoms with Crippen LogP contribution < -0.4 is 5.73 Å². The Kier molecular flexibility index (Phi) is 4.47. The Morgan fingerprint density at radius 2 is 1.95 bits per heavy atom. The number of piperazine rings is 1. The van der Waals surface area contributed by atoms with Crippen LogP contribution in [0, 0.1) is 5.41 Å². The molecule has 118 valence electrons.